The summed E-state index contributed by atoms with van der Waals surface area (Å²) < 4.78 is 0. The molecule has 14 heavy (non-hydrogen) atoms. The summed E-state index contributed by atoms with van der Waals surface area (Å²) in [4.78, 5) is 2.46. The average Bonchev–Trinajstić information content (AvgIpc) is 2.19. The predicted molar refractivity (Wildman–Crippen MR) is 62.7 cm³/mol. The minimum absolute atomic E-state index is 1.16. The van der Waals surface area contributed by atoms with Gasteiger partial charge in [0.05, 0.1) is 0 Å². The number of hydrogen-bond donors (Lipinski definition) is 0. The van der Waals surface area contributed by atoms with Crippen LogP contribution in [0.25, 0.3) is 0 Å². The molecule has 0 aromatic heterocycles. The minimum atomic E-state index is 1.16. The van der Waals surface area contributed by atoms with Crippen LogP contribution < -0.4 is 0 Å². The van der Waals surface area contributed by atoms with Crippen molar-refractivity contribution in [3.63, 3.8) is 0 Å². The summed E-state index contributed by atoms with van der Waals surface area (Å²) in [7, 11) is 0. The number of nitrogens with zero attached hydrogens (tertiary/aromatic N) is 1. The molecule has 0 heterocycles. The molecule has 1 aromatic rings. The van der Waals surface area contributed by atoms with Crippen molar-refractivity contribution in [3.05, 3.63) is 35.4 Å². The first kappa shape index (κ1) is 11.3. The van der Waals surface area contributed by atoms with Crippen LogP contribution in [0.1, 0.15) is 25.0 Å². The Labute approximate surface area is 87.7 Å². The van der Waals surface area contributed by atoms with Gasteiger partial charge in [0.1, 0.15) is 0 Å². The van der Waals surface area contributed by atoms with Crippen molar-refractivity contribution in [3.8, 4) is 0 Å². The molecule has 0 radical (unpaired) electrons. The van der Waals surface area contributed by atoms with Crippen LogP contribution in [0, 0.1) is 6.92 Å². The highest BCUT2D eigenvalue weighted by molar-refractivity contribution is 5.22. The zero-order valence-corrected chi connectivity index (χ0v) is 9.59. The van der Waals surface area contributed by atoms with Crippen LogP contribution in [-0.2, 0) is 6.42 Å². The quantitative estimate of drug-likeness (QED) is 0.691. The van der Waals surface area contributed by atoms with Crippen molar-refractivity contribution in [2.45, 2.75) is 27.2 Å². The Bertz CT molecular complexity index is 264. The van der Waals surface area contributed by atoms with Gasteiger partial charge in [0.15, 0.2) is 0 Å². The lowest BCUT2D eigenvalue weighted by molar-refractivity contribution is 0.308. The number of hydrogen-bond acceptors (Lipinski definition) is 1. The second-order valence-corrected chi connectivity index (χ2v) is 3.77. The van der Waals surface area contributed by atoms with Gasteiger partial charge in [-0.25, -0.2) is 0 Å². The van der Waals surface area contributed by atoms with Gasteiger partial charge >= 0.3 is 0 Å². The van der Waals surface area contributed by atoms with Gasteiger partial charge in [-0.3, -0.25) is 0 Å². The van der Waals surface area contributed by atoms with Crippen molar-refractivity contribution < 1.29 is 0 Å². The molecule has 78 valence electrons. The van der Waals surface area contributed by atoms with E-state index in [1.807, 2.05) is 0 Å². The Morgan fingerprint density at radius 3 is 2.43 bits per heavy atom. The summed E-state index contributed by atoms with van der Waals surface area (Å²) in [5.41, 5.74) is 2.82. The normalized spacial score (nSPS) is 10.9. The third-order valence-electron chi connectivity index (χ3n) is 2.69. The molecule has 0 aliphatic heterocycles. The van der Waals surface area contributed by atoms with Crippen molar-refractivity contribution >= 4 is 0 Å². The maximum Gasteiger partial charge on any atom is 0.00216 e. The third-order valence-corrected chi connectivity index (χ3v) is 2.69. The highest BCUT2D eigenvalue weighted by Crippen LogP contribution is 2.05. The molecule has 1 rings (SSSR count). The van der Waals surface area contributed by atoms with E-state index in [2.05, 4.69) is 49.9 Å². The van der Waals surface area contributed by atoms with Gasteiger partial charge < -0.3 is 4.90 Å². The highest BCUT2D eigenvalue weighted by Gasteiger charge is 1.99. The Morgan fingerprint density at radius 1 is 1.14 bits per heavy atom. The molecule has 0 aliphatic carbocycles. The predicted octanol–water partition coefficient (Wildman–Crippen LogP) is 2.88. The average molecular weight is 191 g/mol. The van der Waals surface area contributed by atoms with Gasteiger partial charge in [0.25, 0.3) is 0 Å². The van der Waals surface area contributed by atoms with Crippen LogP contribution in [0.5, 0.6) is 0 Å². The first-order valence-electron chi connectivity index (χ1n) is 5.54. The van der Waals surface area contributed by atoms with Crippen molar-refractivity contribution in [2.24, 2.45) is 0 Å². The van der Waals surface area contributed by atoms with Crippen molar-refractivity contribution in [2.75, 3.05) is 19.6 Å². The fourth-order valence-electron chi connectivity index (χ4n) is 1.69. The molecule has 0 N–H and O–H groups in total. The van der Waals surface area contributed by atoms with Crippen LogP contribution in [0.2, 0.25) is 0 Å². The number of benzene rings is 1. The molecule has 0 saturated carbocycles. The van der Waals surface area contributed by atoms with Crippen LogP contribution in [0.15, 0.2) is 24.3 Å². The van der Waals surface area contributed by atoms with E-state index in [9.17, 15) is 0 Å². The van der Waals surface area contributed by atoms with E-state index >= 15 is 0 Å². The highest BCUT2D eigenvalue weighted by atomic mass is 15.1. The Morgan fingerprint density at radius 2 is 1.86 bits per heavy atom. The third kappa shape index (κ3) is 3.51. The smallest absolute Gasteiger partial charge is 0.00216 e. The molecule has 0 spiro atoms. The summed E-state index contributed by atoms with van der Waals surface area (Å²) in [6.45, 7) is 10.1. The monoisotopic (exact) mass is 191 g/mol. The summed E-state index contributed by atoms with van der Waals surface area (Å²) >= 11 is 0. The summed E-state index contributed by atoms with van der Waals surface area (Å²) in [6.07, 6.45) is 1.17. The topological polar surface area (TPSA) is 3.24 Å². The SMILES string of the molecule is CCN(CC)CCc1cccc(C)c1. The molecular formula is C13H21N. The fourth-order valence-corrected chi connectivity index (χ4v) is 1.69. The molecule has 0 unspecified atom stereocenters. The van der Waals surface area contributed by atoms with E-state index in [1.54, 1.807) is 0 Å². The molecule has 0 bridgehead atoms. The van der Waals surface area contributed by atoms with E-state index in [0.29, 0.717) is 0 Å². The molecular weight excluding hydrogens is 170 g/mol. The van der Waals surface area contributed by atoms with E-state index in [1.165, 1.54) is 24.1 Å². The largest absolute Gasteiger partial charge is 0.304 e. The molecule has 1 aromatic carbocycles. The van der Waals surface area contributed by atoms with Crippen LogP contribution in [0.3, 0.4) is 0 Å². The van der Waals surface area contributed by atoms with Gasteiger partial charge in [0.2, 0.25) is 0 Å². The summed E-state index contributed by atoms with van der Waals surface area (Å²) in [5.74, 6) is 0. The Kier molecular flexibility index (Phi) is 4.68. The van der Waals surface area contributed by atoms with E-state index in [0.717, 1.165) is 13.1 Å². The molecule has 0 amide bonds. The molecule has 0 fully saturated rings. The van der Waals surface area contributed by atoms with E-state index < -0.39 is 0 Å². The zero-order valence-electron chi connectivity index (χ0n) is 9.59. The number of rotatable bonds is 5. The molecule has 0 aliphatic rings. The first-order chi connectivity index (χ1) is 6.76. The van der Waals surface area contributed by atoms with Gasteiger partial charge in [-0.05, 0) is 32.0 Å². The standard InChI is InChI=1S/C13H21N/c1-4-14(5-2)10-9-13-8-6-7-12(3)11-13/h6-8,11H,4-5,9-10H2,1-3H3. The zero-order chi connectivity index (χ0) is 10.4. The van der Waals surface area contributed by atoms with Gasteiger partial charge in [-0.1, -0.05) is 43.7 Å². The molecule has 0 saturated heterocycles. The van der Waals surface area contributed by atoms with Crippen LogP contribution >= 0.6 is 0 Å². The van der Waals surface area contributed by atoms with Crippen LogP contribution in [0.4, 0.5) is 0 Å². The lowest BCUT2D eigenvalue weighted by Crippen LogP contribution is -2.25. The maximum absolute atomic E-state index is 2.46. The lowest BCUT2D eigenvalue weighted by Gasteiger charge is -2.17. The second-order valence-electron chi connectivity index (χ2n) is 3.77. The fraction of sp³-hybridized carbons (Fsp3) is 0.538. The maximum atomic E-state index is 2.46. The van der Waals surface area contributed by atoms with Crippen molar-refractivity contribution in [1.82, 2.24) is 4.90 Å². The molecule has 0 atom stereocenters. The van der Waals surface area contributed by atoms with E-state index in [4.69, 9.17) is 0 Å². The molecule has 1 nitrogen and oxygen atoms in total. The van der Waals surface area contributed by atoms with Gasteiger partial charge in [0, 0.05) is 6.54 Å². The number of likely N-dealkylation sites (N-methyl/N-ethyl adjacent to an activating group) is 1. The second kappa shape index (κ2) is 5.82. The summed E-state index contributed by atoms with van der Waals surface area (Å²) in [6, 6.07) is 8.80. The Hall–Kier alpha value is -0.820. The number of aryl methyl sites for hydroxylation is 1. The van der Waals surface area contributed by atoms with Crippen LogP contribution in [-0.4, -0.2) is 24.5 Å². The molecule has 1 heteroatoms. The van der Waals surface area contributed by atoms with Crippen molar-refractivity contribution in [1.29, 1.82) is 0 Å². The van der Waals surface area contributed by atoms with Gasteiger partial charge in [-0.15, -0.1) is 0 Å². The Balaban J connectivity index is 2.44. The lowest BCUT2D eigenvalue weighted by atomic mass is 10.1. The first-order valence-corrected chi connectivity index (χ1v) is 5.54. The van der Waals surface area contributed by atoms with Gasteiger partial charge in [-0.2, -0.15) is 0 Å². The van der Waals surface area contributed by atoms with E-state index in [-0.39, 0.29) is 0 Å². The summed E-state index contributed by atoms with van der Waals surface area (Å²) in [5, 5.41) is 0. The minimum Gasteiger partial charge on any atom is -0.304 e.